The van der Waals surface area contributed by atoms with Crippen LogP contribution in [0, 0.1) is 0 Å². The molecular formula is C16H12ClN2NaO5S. The van der Waals surface area contributed by atoms with E-state index in [4.69, 9.17) is 11.6 Å². The van der Waals surface area contributed by atoms with Crippen LogP contribution < -0.4 is 40.0 Å². The predicted octanol–water partition coefficient (Wildman–Crippen LogP) is -1.35. The van der Waals surface area contributed by atoms with E-state index in [2.05, 4.69) is 9.68 Å². The van der Waals surface area contributed by atoms with Crippen LogP contribution >= 0.6 is 11.6 Å². The monoisotopic (exact) mass is 402 g/mol. The van der Waals surface area contributed by atoms with Crippen molar-refractivity contribution < 1.29 is 52.7 Å². The van der Waals surface area contributed by atoms with E-state index in [-0.39, 0.29) is 40.8 Å². The molecule has 130 valence electrons. The van der Waals surface area contributed by atoms with Gasteiger partial charge in [0.15, 0.2) is 0 Å². The first-order valence-electron chi connectivity index (χ1n) is 7.02. The van der Waals surface area contributed by atoms with Gasteiger partial charge >= 0.3 is 40.1 Å². The van der Waals surface area contributed by atoms with E-state index in [9.17, 15) is 23.1 Å². The summed E-state index contributed by atoms with van der Waals surface area (Å²) in [6, 6.07) is 11.1. The number of carbonyl (C=O) groups excluding carboxylic acids is 2. The topological polar surface area (TPSA) is 116 Å². The van der Waals surface area contributed by atoms with Crippen molar-refractivity contribution in [3.05, 3.63) is 64.7 Å². The van der Waals surface area contributed by atoms with Gasteiger partial charge in [0.1, 0.15) is 0 Å². The molecule has 26 heavy (non-hydrogen) atoms. The maximum Gasteiger partial charge on any atom is 1.00 e. The van der Waals surface area contributed by atoms with Gasteiger partial charge in [-0.3, -0.25) is 4.79 Å². The summed E-state index contributed by atoms with van der Waals surface area (Å²) in [4.78, 5) is 23.3. The largest absolute Gasteiger partial charge is 1.00 e. The van der Waals surface area contributed by atoms with Gasteiger partial charge in [0.25, 0.3) is 5.91 Å². The molecule has 0 aromatic heterocycles. The second-order valence-corrected chi connectivity index (χ2v) is 6.06. The van der Waals surface area contributed by atoms with Crippen LogP contribution in [0.15, 0.2) is 52.9 Å². The normalized spacial score (nSPS) is 11.0. The van der Waals surface area contributed by atoms with Gasteiger partial charge in [-0.1, -0.05) is 23.7 Å². The second kappa shape index (κ2) is 10.4. The van der Waals surface area contributed by atoms with E-state index in [0.717, 1.165) is 0 Å². The molecule has 2 rings (SSSR count). The number of hydrogen-bond donors (Lipinski definition) is 1. The molecule has 1 N–H and O–H groups in total. The first-order valence-corrected chi connectivity index (χ1v) is 8.43. The molecule has 1 amide bonds. The molecule has 7 nitrogen and oxygen atoms in total. The Labute approximate surface area is 178 Å². The van der Waals surface area contributed by atoms with Crippen molar-refractivity contribution in [2.45, 2.75) is 12.5 Å². The Morgan fingerprint density at radius 2 is 1.65 bits per heavy atom. The molecule has 0 spiro atoms. The summed E-state index contributed by atoms with van der Waals surface area (Å²) >= 11 is 5.81. The summed E-state index contributed by atoms with van der Waals surface area (Å²) in [7, 11) is -2.59. The fourth-order valence-corrected chi connectivity index (χ4v) is 2.54. The van der Waals surface area contributed by atoms with Crippen LogP contribution in [0.4, 0.5) is 5.69 Å². The van der Waals surface area contributed by atoms with Crippen LogP contribution in [-0.2, 0) is 15.3 Å². The number of carbonyl (C=O) groups is 2. The number of hydrogen-bond acceptors (Lipinski definition) is 6. The minimum absolute atomic E-state index is 0. The SMILES string of the molecule is O=C([O-])CC(NC(=O)c1ccc(N=S(=O)=O)cc1)c1ccc(Cl)cc1.[Na+]. The number of nitrogens with one attached hydrogen (secondary N) is 1. The molecule has 0 saturated carbocycles. The Balaban J connectivity index is 0.00000338. The Morgan fingerprint density at radius 1 is 1.08 bits per heavy atom. The Kier molecular flexibility index (Phi) is 8.97. The third-order valence-corrected chi connectivity index (χ3v) is 3.87. The van der Waals surface area contributed by atoms with E-state index >= 15 is 0 Å². The molecule has 0 fully saturated rings. The zero-order chi connectivity index (χ0) is 18.4. The zero-order valence-corrected chi connectivity index (χ0v) is 17.3. The molecule has 0 aliphatic carbocycles. The van der Waals surface area contributed by atoms with Gasteiger partial charge in [-0.25, -0.2) is 0 Å². The Morgan fingerprint density at radius 3 is 2.15 bits per heavy atom. The fraction of sp³-hybridized carbons (Fsp3) is 0.125. The van der Waals surface area contributed by atoms with Gasteiger partial charge in [-0.15, -0.1) is 4.36 Å². The molecule has 1 unspecified atom stereocenters. The Bertz CT molecular complexity index is 907. The van der Waals surface area contributed by atoms with Crippen molar-refractivity contribution in [1.82, 2.24) is 5.32 Å². The van der Waals surface area contributed by atoms with Crippen molar-refractivity contribution in [2.75, 3.05) is 0 Å². The molecule has 0 aliphatic rings. The average molecular weight is 403 g/mol. The fourth-order valence-electron chi connectivity index (χ4n) is 2.12. The molecule has 0 heterocycles. The van der Waals surface area contributed by atoms with Crippen LogP contribution in [0.2, 0.25) is 5.02 Å². The summed E-state index contributed by atoms with van der Waals surface area (Å²) < 4.78 is 24.3. The summed E-state index contributed by atoms with van der Waals surface area (Å²) in [5, 5.41) is 14.0. The van der Waals surface area contributed by atoms with Gasteiger partial charge in [0.05, 0.1) is 11.7 Å². The van der Waals surface area contributed by atoms with Crippen LogP contribution in [0.1, 0.15) is 28.4 Å². The van der Waals surface area contributed by atoms with Gasteiger partial charge in [-0.2, -0.15) is 8.42 Å². The maximum atomic E-state index is 12.3. The molecular weight excluding hydrogens is 391 g/mol. The molecule has 0 aliphatic heterocycles. The van der Waals surface area contributed by atoms with Crippen LogP contribution in [-0.4, -0.2) is 20.3 Å². The van der Waals surface area contributed by atoms with Crippen molar-refractivity contribution >= 4 is 39.7 Å². The molecule has 1 atom stereocenters. The number of halogens is 1. The first-order chi connectivity index (χ1) is 11.8. The van der Waals surface area contributed by atoms with E-state index in [1.165, 1.54) is 24.3 Å². The summed E-state index contributed by atoms with van der Waals surface area (Å²) in [6.07, 6.45) is -0.407. The van der Waals surface area contributed by atoms with Gasteiger partial charge in [-0.05, 0) is 42.0 Å². The number of rotatable bonds is 6. The third kappa shape index (κ3) is 6.89. The molecule has 0 saturated heterocycles. The molecule has 0 bridgehead atoms. The average Bonchev–Trinajstić information content (AvgIpc) is 2.54. The molecule has 0 radical (unpaired) electrons. The van der Waals surface area contributed by atoms with E-state index in [0.29, 0.717) is 10.6 Å². The number of nitrogens with zero attached hydrogens (tertiary/aromatic N) is 1. The maximum absolute atomic E-state index is 12.3. The number of benzene rings is 2. The van der Waals surface area contributed by atoms with Crippen LogP contribution in [0.25, 0.3) is 0 Å². The van der Waals surface area contributed by atoms with Crippen molar-refractivity contribution in [1.29, 1.82) is 0 Å². The van der Waals surface area contributed by atoms with Crippen molar-refractivity contribution in [2.24, 2.45) is 4.36 Å². The van der Waals surface area contributed by atoms with Gasteiger partial charge < -0.3 is 15.2 Å². The minimum Gasteiger partial charge on any atom is -0.550 e. The summed E-state index contributed by atoms with van der Waals surface area (Å²) in [5.74, 6) is -1.83. The number of carboxylic acid groups (broad SMARTS) is 1. The molecule has 2 aromatic carbocycles. The van der Waals surface area contributed by atoms with Crippen LogP contribution in [0.3, 0.4) is 0 Å². The quantitative estimate of drug-likeness (QED) is 0.600. The summed E-state index contributed by atoms with van der Waals surface area (Å²) in [5.41, 5.74) is 0.970. The predicted molar refractivity (Wildman–Crippen MR) is 88.7 cm³/mol. The number of amides is 1. The number of carboxylic acids is 1. The summed E-state index contributed by atoms with van der Waals surface area (Å²) in [6.45, 7) is 0. The van der Waals surface area contributed by atoms with E-state index in [1.54, 1.807) is 24.3 Å². The van der Waals surface area contributed by atoms with E-state index < -0.39 is 34.8 Å². The molecule has 2 aromatic rings. The smallest absolute Gasteiger partial charge is 0.550 e. The zero-order valence-electron chi connectivity index (χ0n) is 13.7. The molecule has 10 heteroatoms. The number of aliphatic carboxylic acids is 1. The third-order valence-electron chi connectivity index (χ3n) is 3.26. The van der Waals surface area contributed by atoms with Crippen LogP contribution in [0.5, 0.6) is 0 Å². The first kappa shape index (κ1) is 22.3. The van der Waals surface area contributed by atoms with Crippen molar-refractivity contribution in [3.63, 3.8) is 0 Å². The standard InChI is InChI=1S/C16H13ClN2O5S.Na/c17-12-5-1-10(2-6-12)14(9-15(20)21)18-16(22)11-3-7-13(8-4-11)19-25(23)24;/h1-8,14H,9H2,(H,18,22)(H,20,21);/q;+1/p-1. The van der Waals surface area contributed by atoms with Crippen molar-refractivity contribution in [3.8, 4) is 0 Å². The second-order valence-electron chi connectivity index (χ2n) is 5.01. The minimum atomic E-state index is -2.59. The van der Waals surface area contributed by atoms with Gasteiger partial charge in [0.2, 0.25) is 0 Å². The Hall–Kier alpha value is -1.71. The van der Waals surface area contributed by atoms with E-state index in [1.807, 2.05) is 0 Å². The van der Waals surface area contributed by atoms with Gasteiger partial charge in [0, 0.05) is 23.0 Å².